The normalized spacial score (nSPS) is 18.5. The molecule has 39 heavy (non-hydrogen) atoms. The first-order valence-electron chi connectivity index (χ1n) is 18.0. The van der Waals surface area contributed by atoms with Crippen LogP contribution >= 0.6 is 24.4 Å². The highest BCUT2D eigenvalue weighted by molar-refractivity contribution is 7.81. The maximum Gasteiger partial charge on any atom is 0.0803 e. The Bertz CT molecular complexity index is 512. The molecule has 0 radical (unpaired) electrons. The molecule has 0 spiro atoms. The Morgan fingerprint density at radius 1 is 0.436 bits per heavy atom. The molecule has 1 heterocycles. The molecule has 3 heteroatoms. The number of rotatable bonds is 26. The van der Waals surface area contributed by atoms with Gasteiger partial charge in [0.15, 0.2) is 0 Å². The van der Waals surface area contributed by atoms with Gasteiger partial charge in [-0.05, 0) is 24.7 Å². The predicted molar refractivity (Wildman–Crippen MR) is 185 cm³/mol. The summed E-state index contributed by atoms with van der Waals surface area (Å²) in [7, 11) is 0. The van der Waals surface area contributed by atoms with Crippen molar-refractivity contribution in [1.29, 1.82) is 0 Å². The van der Waals surface area contributed by atoms with Crippen molar-refractivity contribution in [3.05, 3.63) is 0 Å². The first-order chi connectivity index (χ1) is 19.2. The highest BCUT2D eigenvalue weighted by Gasteiger charge is 2.20. The molecule has 2 atom stereocenters. The number of unbranched alkanes of at least 4 members (excludes halogenated alkanes) is 22. The molecule has 2 unspecified atom stereocenters. The van der Waals surface area contributed by atoms with E-state index in [1.165, 1.54) is 180 Å². The van der Waals surface area contributed by atoms with Gasteiger partial charge in [0.05, 0.1) is 9.98 Å². The Hall–Kier alpha value is -0.0200. The topological polar surface area (TPSA) is 12.0 Å². The second-order valence-corrected chi connectivity index (χ2v) is 14.0. The molecule has 1 nitrogen and oxygen atoms in total. The molecular weight excluding hydrogens is 511 g/mol. The standard InChI is InChI=1S/C36H69NS2/c1-3-5-7-9-11-13-15-17-19-21-23-25-27-33-29-30-34(32-36(39)37-35(38)31-33)28-26-24-22-20-18-16-14-12-10-8-6-4-2/h33-34H,3-32H2,1-2H3,(H,37,38,39). The summed E-state index contributed by atoms with van der Waals surface area (Å²) in [6.07, 6.45) is 41.9. The average Bonchev–Trinajstić information content (AvgIpc) is 2.98. The monoisotopic (exact) mass is 579 g/mol. The smallest absolute Gasteiger partial charge is 0.0803 e. The zero-order chi connectivity index (χ0) is 28.2. The molecule has 1 fully saturated rings. The van der Waals surface area contributed by atoms with E-state index in [9.17, 15) is 0 Å². The van der Waals surface area contributed by atoms with E-state index >= 15 is 0 Å². The molecule has 0 saturated carbocycles. The van der Waals surface area contributed by atoms with Gasteiger partial charge in [-0.25, -0.2) is 0 Å². The van der Waals surface area contributed by atoms with E-state index in [1.54, 1.807) is 0 Å². The van der Waals surface area contributed by atoms with Gasteiger partial charge < -0.3 is 5.32 Å². The molecule has 1 saturated heterocycles. The number of hydrogen-bond acceptors (Lipinski definition) is 2. The van der Waals surface area contributed by atoms with Crippen LogP contribution in [0.1, 0.15) is 206 Å². The fourth-order valence-electron chi connectivity index (χ4n) is 6.50. The third-order valence-electron chi connectivity index (χ3n) is 9.14. The fraction of sp³-hybridized carbons (Fsp3) is 0.944. The molecule has 0 amide bonds. The maximum absolute atomic E-state index is 5.69. The summed E-state index contributed by atoms with van der Waals surface area (Å²) in [5, 5.41) is 3.44. The maximum atomic E-state index is 5.69. The quantitative estimate of drug-likeness (QED) is 0.0808. The van der Waals surface area contributed by atoms with Gasteiger partial charge in [-0.1, -0.05) is 205 Å². The van der Waals surface area contributed by atoms with Gasteiger partial charge in [-0.3, -0.25) is 0 Å². The molecule has 0 aromatic carbocycles. The largest absolute Gasteiger partial charge is 0.345 e. The zero-order valence-electron chi connectivity index (χ0n) is 26.7. The average molecular weight is 580 g/mol. The predicted octanol–water partition coefficient (Wildman–Crippen LogP) is 13.2. The lowest BCUT2D eigenvalue weighted by Crippen LogP contribution is -2.29. The van der Waals surface area contributed by atoms with Gasteiger partial charge in [-0.15, -0.1) is 0 Å². The lowest BCUT2D eigenvalue weighted by atomic mass is 9.86. The Kier molecular flexibility index (Phi) is 26.7. The Morgan fingerprint density at radius 3 is 0.974 bits per heavy atom. The van der Waals surface area contributed by atoms with E-state index in [4.69, 9.17) is 24.4 Å². The number of hydrogen-bond donors (Lipinski definition) is 1. The minimum absolute atomic E-state index is 0.762. The summed E-state index contributed by atoms with van der Waals surface area (Å²) in [5.41, 5.74) is 0. The van der Waals surface area contributed by atoms with Gasteiger partial charge in [0, 0.05) is 12.8 Å². The van der Waals surface area contributed by atoms with Crippen LogP contribution in [0.2, 0.25) is 0 Å². The van der Waals surface area contributed by atoms with E-state index < -0.39 is 0 Å². The Balaban J connectivity index is 2.10. The molecule has 1 N–H and O–H groups in total. The van der Waals surface area contributed by atoms with Crippen molar-refractivity contribution in [1.82, 2.24) is 5.32 Å². The van der Waals surface area contributed by atoms with Crippen molar-refractivity contribution in [3.8, 4) is 0 Å². The second-order valence-electron chi connectivity index (χ2n) is 13.0. The molecule has 0 aliphatic carbocycles. The number of nitrogens with one attached hydrogen (secondary N) is 1. The van der Waals surface area contributed by atoms with E-state index in [-0.39, 0.29) is 0 Å². The Morgan fingerprint density at radius 2 is 0.692 bits per heavy atom. The van der Waals surface area contributed by atoms with Gasteiger partial charge >= 0.3 is 0 Å². The highest BCUT2D eigenvalue weighted by atomic mass is 32.1. The van der Waals surface area contributed by atoms with Crippen LogP contribution in [0.4, 0.5) is 0 Å². The van der Waals surface area contributed by atoms with Crippen molar-refractivity contribution in [2.75, 3.05) is 0 Å². The molecule has 230 valence electrons. The third kappa shape index (κ3) is 24.3. The molecule has 1 aliphatic rings. The highest BCUT2D eigenvalue weighted by Crippen LogP contribution is 2.28. The summed E-state index contributed by atoms with van der Waals surface area (Å²) in [4.78, 5) is 2.02. The molecule has 1 aliphatic heterocycles. The van der Waals surface area contributed by atoms with Crippen LogP contribution in [0.25, 0.3) is 0 Å². The zero-order valence-corrected chi connectivity index (χ0v) is 28.3. The third-order valence-corrected chi connectivity index (χ3v) is 9.68. The van der Waals surface area contributed by atoms with E-state index in [2.05, 4.69) is 19.2 Å². The van der Waals surface area contributed by atoms with Crippen LogP contribution in [0, 0.1) is 11.8 Å². The first kappa shape index (κ1) is 37.0. The summed E-state index contributed by atoms with van der Waals surface area (Å²) >= 11 is 11.4. The minimum Gasteiger partial charge on any atom is -0.345 e. The summed E-state index contributed by atoms with van der Waals surface area (Å²) in [6.45, 7) is 4.60. The lowest BCUT2D eigenvalue weighted by Gasteiger charge is -2.19. The van der Waals surface area contributed by atoms with Crippen LogP contribution in [-0.2, 0) is 0 Å². The van der Waals surface area contributed by atoms with Crippen molar-refractivity contribution >= 4 is 34.4 Å². The van der Waals surface area contributed by atoms with E-state index in [0.717, 1.165) is 34.7 Å². The van der Waals surface area contributed by atoms with Crippen molar-refractivity contribution < 1.29 is 0 Å². The summed E-state index contributed by atoms with van der Waals surface area (Å²) < 4.78 is 0. The van der Waals surface area contributed by atoms with Crippen LogP contribution in [0.15, 0.2) is 0 Å². The molecule has 0 aromatic rings. The van der Waals surface area contributed by atoms with Crippen LogP contribution in [0.5, 0.6) is 0 Å². The number of thiocarbonyl (C=S) groups is 2. The minimum atomic E-state index is 0.762. The van der Waals surface area contributed by atoms with Gasteiger partial charge in [0.25, 0.3) is 0 Å². The molecular formula is C36H69NS2. The van der Waals surface area contributed by atoms with Crippen LogP contribution in [-0.4, -0.2) is 9.98 Å². The Labute approximate surface area is 257 Å². The fourth-order valence-corrected chi connectivity index (χ4v) is 7.28. The van der Waals surface area contributed by atoms with Gasteiger partial charge in [-0.2, -0.15) is 0 Å². The van der Waals surface area contributed by atoms with Gasteiger partial charge in [0.2, 0.25) is 0 Å². The molecule has 1 rings (SSSR count). The summed E-state index contributed by atoms with van der Waals surface area (Å²) in [5.74, 6) is 1.52. The molecule has 0 aromatic heterocycles. The van der Waals surface area contributed by atoms with Crippen LogP contribution in [0.3, 0.4) is 0 Å². The summed E-state index contributed by atoms with van der Waals surface area (Å²) in [6, 6.07) is 0. The molecule has 0 bridgehead atoms. The van der Waals surface area contributed by atoms with Crippen molar-refractivity contribution in [3.63, 3.8) is 0 Å². The first-order valence-corrected chi connectivity index (χ1v) is 18.8. The SMILES string of the molecule is CCCCCCCCCCCCCCC1CCC(CCCCCCCCCCCCCC)CC(=S)NC(=S)C1. The van der Waals surface area contributed by atoms with Crippen molar-refractivity contribution in [2.24, 2.45) is 11.8 Å². The van der Waals surface area contributed by atoms with Crippen LogP contribution < -0.4 is 5.32 Å². The van der Waals surface area contributed by atoms with Gasteiger partial charge in [0.1, 0.15) is 0 Å². The van der Waals surface area contributed by atoms with E-state index in [0.29, 0.717) is 0 Å². The lowest BCUT2D eigenvalue weighted by molar-refractivity contribution is 0.358. The van der Waals surface area contributed by atoms with Crippen molar-refractivity contribution in [2.45, 2.75) is 206 Å². The second kappa shape index (κ2) is 28.1. The van der Waals surface area contributed by atoms with E-state index in [1.807, 2.05) is 0 Å².